The quantitative estimate of drug-likeness (QED) is 0.490. The summed E-state index contributed by atoms with van der Waals surface area (Å²) in [6.45, 7) is 0.778. The molecule has 2 aromatic heterocycles. The van der Waals surface area contributed by atoms with Gasteiger partial charge >= 0.3 is 0 Å². The fourth-order valence-electron chi connectivity index (χ4n) is 3.66. The number of oxazole rings is 1. The number of aryl methyl sites for hydroxylation is 1. The van der Waals surface area contributed by atoms with Gasteiger partial charge in [0.05, 0.1) is 17.2 Å². The van der Waals surface area contributed by atoms with Gasteiger partial charge in [-0.3, -0.25) is 4.79 Å². The van der Waals surface area contributed by atoms with E-state index in [1.54, 1.807) is 6.20 Å². The predicted molar refractivity (Wildman–Crippen MR) is 113 cm³/mol. The maximum atomic E-state index is 12.4. The van der Waals surface area contributed by atoms with Gasteiger partial charge in [-0.1, -0.05) is 30.3 Å². The molecule has 3 heterocycles. The highest BCUT2D eigenvalue weighted by Crippen LogP contribution is 2.28. The van der Waals surface area contributed by atoms with E-state index in [1.165, 1.54) is 0 Å². The van der Waals surface area contributed by atoms with Crippen LogP contribution >= 0.6 is 0 Å². The number of carbonyl (C=O) groups excluding carboxylic acids is 1. The summed E-state index contributed by atoms with van der Waals surface area (Å²) in [5.74, 6) is 2.02. The van der Waals surface area contributed by atoms with Crippen molar-refractivity contribution in [3.63, 3.8) is 0 Å². The van der Waals surface area contributed by atoms with Crippen LogP contribution in [0.3, 0.4) is 0 Å². The minimum atomic E-state index is -0.0901. The summed E-state index contributed by atoms with van der Waals surface area (Å²) in [6.07, 6.45) is 4.50. The van der Waals surface area contributed by atoms with Crippen LogP contribution in [-0.4, -0.2) is 27.5 Å². The minimum Gasteiger partial charge on any atom is -0.441 e. The predicted octanol–water partition coefficient (Wildman–Crippen LogP) is 4.64. The summed E-state index contributed by atoms with van der Waals surface area (Å²) >= 11 is 0. The summed E-state index contributed by atoms with van der Waals surface area (Å²) in [7, 11) is 0. The van der Waals surface area contributed by atoms with Crippen molar-refractivity contribution in [1.82, 2.24) is 15.0 Å². The molecular weight excluding hydrogens is 380 g/mol. The van der Waals surface area contributed by atoms with Gasteiger partial charge in [-0.2, -0.15) is 0 Å². The van der Waals surface area contributed by atoms with Gasteiger partial charge < -0.3 is 19.5 Å². The average molecular weight is 402 g/mol. The molecule has 5 rings (SSSR count). The van der Waals surface area contributed by atoms with Crippen LogP contribution in [0.5, 0.6) is 0 Å². The van der Waals surface area contributed by atoms with Crippen molar-refractivity contribution in [3.8, 4) is 11.3 Å². The number of hydrogen-bond donors (Lipinski definition) is 2. The molecule has 1 unspecified atom stereocenters. The van der Waals surface area contributed by atoms with E-state index in [0.717, 1.165) is 47.6 Å². The molecule has 0 spiro atoms. The lowest BCUT2D eigenvalue weighted by Gasteiger charge is -2.04. The van der Waals surface area contributed by atoms with Crippen molar-refractivity contribution < 1.29 is 13.9 Å². The molecule has 30 heavy (non-hydrogen) atoms. The number of amides is 1. The summed E-state index contributed by atoms with van der Waals surface area (Å²) < 4.78 is 11.5. The molecule has 1 aliphatic rings. The van der Waals surface area contributed by atoms with Crippen LogP contribution in [-0.2, 0) is 16.0 Å². The highest BCUT2D eigenvalue weighted by molar-refractivity contribution is 5.93. The lowest BCUT2D eigenvalue weighted by atomic mass is 10.2. The molecular formula is C23H22N4O3. The highest BCUT2D eigenvalue weighted by atomic mass is 16.5. The number of nitrogens with one attached hydrogen (secondary N) is 2. The molecule has 7 nitrogen and oxygen atoms in total. The van der Waals surface area contributed by atoms with Crippen LogP contribution in [0.4, 0.5) is 5.69 Å². The molecule has 0 saturated carbocycles. The van der Waals surface area contributed by atoms with E-state index >= 15 is 0 Å². The number of ether oxygens (including phenoxy) is 1. The summed E-state index contributed by atoms with van der Waals surface area (Å²) in [5, 5.41) is 2.93. The van der Waals surface area contributed by atoms with Crippen LogP contribution in [0.15, 0.2) is 59.1 Å². The van der Waals surface area contributed by atoms with E-state index in [2.05, 4.69) is 20.3 Å². The van der Waals surface area contributed by atoms with E-state index < -0.39 is 0 Å². The molecule has 1 fully saturated rings. The van der Waals surface area contributed by atoms with Crippen LogP contribution in [0.1, 0.15) is 37.1 Å². The molecule has 7 heteroatoms. The number of fused-ring (bicyclic) bond motifs is 1. The molecule has 152 valence electrons. The molecule has 0 aliphatic carbocycles. The first-order valence-electron chi connectivity index (χ1n) is 10.2. The molecule has 0 radical (unpaired) electrons. The molecule has 2 aromatic carbocycles. The van der Waals surface area contributed by atoms with Crippen LogP contribution < -0.4 is 5.32 Å². The number of H-pyrrole nitrogens is 1. The largest absolute Gasteiger partial charge is 0.441 e. The Kier molecular flexibility index (Phi) is 5.03. The number of carbonyl (C=O) groups is 1. The van der Waals surface area contributed by atoms with Gasteiger partial charge in [-0.05, 0) is 31.0 Å². The van der Waals surface area contributed by atoms with Gasteiger partial charge in [0.1, 0.15) is 11.9 Å². The Hall–Kier alpha value is -3.45. The Bertz CT molecular complexity index is 1160. The first-order chi connectivity index (χ1) is 14.7. The van der Waals surface area contributed by atoms with Crippen molar-refractivity contribution in [3.05, 3.63) is 66.4 Å². The zero-order chi connectivity index (χ0) is 20.3. The van der Waals surface area contributed by atoms with E-state index in [4.69, 9.17) is 9.15 Å². The number of benzene rings is 2. The van der Waals surface area contributed by atoms with Gasteiger partial charge in [0.2, 0.25) is 5.91 Å². The number of nitrogens with zero attached hydrogens (tertiary/aromatic N) is 2. The summed E-state index contributed by atoms with van der Waals surface area (Å²) in [6, 6.07) is 15.4. The SMILES string of the molecule is O=C(CCc1ncc(-c2ccccc2)o1)Nc1ccc2nc(C3CCCO3)[nH]c2c1. The van der Waals surface area contributed by atoms with E-state index in [0.29, 0.717) is 18.1 Å². The number of aromatic nitrogens is 3. The smallest absolute Gasteiger partial charge is 0.224 e. The third kappa shape index (κ3) is 3.97. The second kappa shape index (κ2) is 8.12. The van der Waals surface area contributed by atoms with Crippen molar-refractivity contribution in [2.75, 3.05) is 11.9 Å². The Morgan fingerprint density at radius 2 is 2.10 bits per heavy atom. The Labute approximate surface area is 173 Å². The Morgan fingerprint density at radius 3 is 2.93 bits per heavy atom. The van der Waals surface area contributed by atoms with Gasteiger partial charge in [0, 0.05) is 30.7 Å². The first kappa shape index (κ1) is 18.6. The fourth-order valence-corrected chi connectivity index (χ4v) is 3.66. The summed E-state index contributed by atoms with van der Waals surface area (Å²) in [4.78, 5) is 24.6. The van der Waals surface area contributed by atoms with Gasteiger partial charge in [-0.25, -0.2) is 9.97 Å². The number of anilines is 1. The van der Waals surface area contributed by atoms with Gasteiger partial charge in [-0.15, -0.1) is 0 Å². The van der Waals surface area contributed by atoms with Crippen molar-refractivity contribution in [2.45, 2.75) is 31.8 Å². The van der Waals surface area contributed by atoms with E-state index in [1.807, 2.05) is 48.5 Å². The average Bonchev–Trinajstić information content (AvgIpc) is 3.53. The zero-order valence-corrected chi connectivity index (χ0v) is 16.4. The van der Waals surface area contributed by atoms with Gasteiger partial charge in [0.25, 0.3) is 0 Å². The maximum absolute atomic E-state index is 12.4. The molecule has 1 atom stereocenters. The highest BCUT2D eigenvalue weighted by Gasteiger charge is 2.21. The normalized spacial score (nSPS) is 16.2. The molecule has 1 saturated heterocycles. The fraction of sp³-hybridized carbons (Fsp3) is 0.261. The second-order valence-electron chi connectivity index (χ2n) is 7.39. The van der Waals surface area contributed by atoms with Crippen LogP contribution in [0.2, 0.25) is 0 Å². The summed E-state index contributed by atoms with van der Waals surface area (Å²) in [5.41, 5.74) is 3.45. The number of hydrogen-bond acceptors (Lipinski definition) is 5. The van der Waals surface area contributed by atoms with Crippen molar-refractivity contribution >= 4 is 22.6 Å². The lowest BCUT2D eigenvalue weighted by Crippen LogP contribution is -2.12. The lowest BCUT2D eigenvalue weighted by molar-refractivity contribution is -0.116. The number of rotatable bonds is 6. The van der Waals surface area contributed by atoms with Crippen molar-refractivity contribution in [1.29, 1.82) is 0 Å². The zero-order valence-electron chi connectivity index (χ0n) is 16.4. The monoisotopic (exact) mass is 402 g/mol. The number of imidazole rings is 1. The van der Waals surface area contributed by atoms with Crippen LogP contribution in [0, 0.1) is 0 Å². The topological polar surface area (TPSA) is 93.0 Å². The van der Waals surface area contributed by atoms with E-state index in [9.17, 15) is 4.79 Å². The molecule has 2 N–H and O–H groups in total. The van der Waals surface area contributed by atoms with E-state index in [-0.39, 0.29) is 18.4 Å². The Morgan fingerprint density at radius 1 is 1.20 bits per heavy atom. The number of aromatic amines is 1. The van der Waals surface area contributed by atoms with Crippen LogP contribution in [0.25, 0.3) is 22.4 Å². The van der Waals surface area contributed by atoms with Crippen molar-refractivity contribution in [2.24, 2.45) is 0 Å². The first-order valence-corrected chi connectivity index (χ1v) is 10.2. The minimum absolute atomic E-state index is 0.0389. The maximum Gasteiger partial charge on any atom is 0.224 e. The molecule has 1 amide bonds. The second-order valence-corrected chi connectivity index (χ2v) is 7.39. The molecule has 4 aromatic rings. The molecule has 1 aliphatic heterocycles. The Balaban J connectivity index is 1.20. The van der Waals surface area contributed by atoms with Gasteiger partial charge in [0.15, 0.2) is 11.7 Å². The third-order valence-electron chi connectivity index (χ3n) is 5.20. The standard InChI is InChI=1S/C23H22N4O3/c28-21(10-11-22-24-14-20(30-22)15-5-2-1-3-6-15)25-16-8-9-17-18(13-16)27-23(26-17)19-7-4-12-29-19/h1-3,5-6,8-9,13-14,19H,4,7,10-12H2,(H,25,28)(H,26,27). The molecule has 0 bridgehead atoms. The third-order valence-corrected chi connectivity index (χ3v) is 5.20.